The fraction of sp³-hybridized carbons (Fsp3) is 0.605. The molecule has 8 atom stereocenters. The normalized spacial score (nSPS) is 19.2. The van der Waals surface area contributed by atoms with Gasteiger partial charge in [0.05, 0.1) is 32.3 Å². The Balaban J connectivity index is 1.68. The van der Waals surface area contributed by atoms with E-state index in [0.29, 0.717) is 6.42 Å². The minimum atomic E-state index is -1.75. The number of hydrogen-bond donors (Lipinski definition) is 11. The first kappa shape index (κ1) is 48.7. The van der Waals surface area contributed by atoms with Crippen LogP contribution in [-0.4, -0.2) is 165 Å². The van der Waals surface area contributed by atoms with Crippen molar-refractivity contribution in [3.63, 3.8) is 0 Å². The molecule has 22 nitrogen and oxygen atoms in total. The van der Waals surface area contributed by atoms with E-state index in [4.69, 9.17) is 16.6 Å². The number of amides is 8. The Hall–Kier alpha value is -5.71. The van der Waals surface area contributed by atoms with Crippen LogP contribution in [0.2, 0.25) is 0 Å². The summed E-state index contributed by atoms with van der Waals surface area (Å²) in [4.78, 5) is 119. The Morgan fingerprint density at radius 3 is 1.57 bits per heavy atom. The maximum atomic E-state index is 13.7. The number of nitrogens with zero attached hydrogens (tertiary/aromatic N) is 2. The summed E-state index contributed by atoms with van der Waals surface area (Å²) in [6.07, 6.45) is 0.459. The molecule has 0 unspecified atom stereocenters. The summed E-state index contributed by atoms with van der Waals surface area (Å²) >= 11 is 0. The Morgan fingerprint density at radius 2 is 1.12 bits per heavy atom. The molecular weight excluding hydrogens is 790 g/mol. The van der Waals surface area contributed by atoms with Crippen LogP contribution in [0.15, 0.2) is 30.3 Å². The van der Waals surface area contributed by atoms with Crippen molar-refractivity contribution in [3.05, 3.63) is 35.9 Å². The van der Waals surface area contributed by atoms with Gasteiger partial charge >= 0.3 is 5.97 Å². The number of rotatable bonds is 22. The molecule has 2 aliphatic heterocycles. The van der Waals surface area contributed by atoms with Crippen molar-refractivity contribution in [2.45, 2.75) is 107 Å². The molecule has 13 N–H and O–H groups in total. The first-order valence-corrected chi connectivity index (χ1v) is 19.7. The Bertz CT molecular complexity index is 1720. The third-order valence-electron chi connectivity index (χ3n) is 10.1. The predicted octanol–water partition coefficient (Wildman–Crippen LogP) is -5.05. The van der Waals surface area contributed by atoms with E-state index in [2.05, 4.69) is 21.3 Å². The largest absolute Gasteiger partial charge is 0.480 e. The average molecular weight is 848 g/mol. The van der Waals surface area contributed by atoms with Gasteiger partial charge in [0.2, 0.25) is 47.3 Å². The van der Waals surface area contributed by atoms with Gasteiger partial charge in [-0.2, -0.15) is 0 Å². The van der Waals surface area contributed by atoms with Crippen molar-refractivity contribution >= 4 is 53.2 Å². The first-order chi connectivity index (χ1) is 28.4. The number of aliphatic carboxylic acids is 1. The number of carboxylic acids is 1. The summed E-state index contributed by atoms with van der Waals surface area (Å²) in [5.74, 6) is -8.70. The van der Waals surface area contributed by atoms with Crippen molar-refractivity contribution in [3.8, 4) is 0 Å². The van der Waals surface area contributed by atoms with E-state index in [1.807, 2.05) is 11.4 Å². The summed E-state index contributed by atoms with van der Waals surface area (Å²) < 4.78 is 0. The number of benzene rings is 1. The molecule has 2 heterocycles. The molecular formula is C38H57N9O13. The molecule has 8 amide bonds. The molecule has 1 aromatic carbocycles. The summed E-state index contributed by atoms with van der Waals surface area (Å²) in [6.45, 7) is 0.969. The van der Waals surface area contributed by atoms with Crippen LogP contribution in [0.5, 0.6) is 0 Å². The fourth-order valence-corrected chi connectivity index (χ4v) is 7.00. The maximum Gasteiger partial charge on any atom is 0.328 e. The number of hydrogen-bond acceptors (Lipinski definition) is 13. The third kappa shape index (κ3) is 13.7. The fourth-order valence-electron chi connectivity index (χ4n) is 7.00. The molecule has 0 spiro atoms. The van der Waals surface area contributed by atoms with Gasteiger partial charge in [-0.3, -0.25) is 38.4 Å². The second kappa shape index (κ2) is 23.2. The lowest BCUT2D eigenvalue weighted by molar-refractivity contribution is -0.145. The lowest BCUT2D eigenvalue weighted by atomic mass is 10.0. The number of primary amides is 1. The van der Waals surface area contributed by atoms with Crippen molar-refractivity contribution < 1.29 is 63.6 Å². The molecule has 0 bridgehead atoms. The number of carbonyl (C=O) groups is 9. The summed E-state index contributed by atoms with van der Waals surface area (Å²) in [6, 6.07) is -2.09. The Morgan fingerprint density at radius 1 is 0.667 bits per heavy atom. The highest BCUT2D eigenvalue weighted by Gasteiger charge is 2.42. The minimum Gasteiger partial charge on any atom is -0.480 e. The molecule has 2 fully saturated rings. The molecule has 1 aromatic rings. The highest BCUT2D eigenvalue weighted by Crippen LogP contribution is 2.21. The molecule has 2 saturated heterocycles. The number of carboxylic acid groups (broad SMARTS) is 1. The van der Waals surface area contributed by atoms with E-state index in [1.54, 1.807) is 38.1 Å². The molecule has 0 saturated carbocycles. The minimum absolute atomic E-state index is 0.00642. The van der Waals surface area contributed by atoms with E-state index in [1.165, 1.54) is 4.90 Å². The zero-order chi connectivity index (χ0) is 44.7. The lowest BCUT2D eigenvalue weighted by Crippen LogP contribution is -2.61. The SMILES string of the molecule is CC(C)C[C@H](NC(=O)[C@@H]1CCCN1C(=O)[C@H](CO)NC(=O)[C@@H](N)Cc1ccccc1)C(=O)N[C@@H](CO)C(=O)N1CCC[C@H]1C(=O)N[C@@H](CC(N)=O)C(=O)N[C@@H](CO)C(=O)O. The number of nitrogens with one attached hydrogen (secondary N) is 5. The van der Waals surface area contributed by atoms with Gasteiger partial charge in [-0.1, -0.05) is 44.2 Å². The second-order valence-corrected chi connectivity index (χ2v) is 15.2. The van der Waals surface area contributed by atoms with Gasteiger partial charge in [0.15, 0.2) is 0 Å². The highest BCUT2D eigenvalue weighted by atomic mass is 16.4. The van der Waals surface area contributed by atoms with Gasteiger partial charge in [0.25, 0.3) is 0 Å². The zero-order valence-electron chi connectivity index (χ0n) is 33.6. The molecule has 3 rings (SSSR count). The van der Waals surface area contributed by atoms with Crippen LogP contribution in [0.1, 0.15) is 57.9 Å². The number of nitrogens with two attached hydrogens (primary N) is 2. The topological polar surface area (TPSA) is 353 Å². The monoisotopic (exact) mass is 847 g/mol. The highest BCUT2D eigenvalue weighted by molar-refractivity contribution is 5.98. The molecule has 0 aromatic heterocycles. The van der Waals surface area contributed by atoms with Crippen LogP contribution in [0, 0.1) is 5.92 Å². The van der Waals surface area contributed by atoms with Crippen LogP contribution in [0.4, 0.5) is 0 Å². The predicted molar refractivity (Wildman–Crippen MR) is 209 cm³/mol. The number of aliphatic hydroxyl groups is 3. The molecule has 60 heavy (non-hydrogen) atoms. The smallest absolute Gasteiger partial charge is 0.328 e. The van der Waals surface area contributed by atoms with Gasteiger partial charge in [-0.15, -0.1) is 0 Å². The molecule has 0 aliphatic carbocycles. The van der Waals surface area contributed by atoms with Crippen LogP contribution in [0.25, 0.3) is 0 Å². The first-order valence-electron chi connectivity index (χ1n) is 19.7. The van der Waals surface area contributed by atoms with E-state index in [9.17, 15) is 58.5 Å². The summed E-state index contributed by atoms with van der Waals surface area (Å²) in [7, 11) is 0. The molecule has 332 valence electrons. The van der Waals surface area contributed by atoms with Crippen LogP contribution >= 0.6 is 0 Å². The number of aliphatic hydroxyl groups excluding tert-OH is 3. The lowest BCUT2D eigenvalue weighted by Gasteiger charge is -2.31. The van der Waals surface area contributed by atoms with Crippen molar-refractivity contribution in [1.82, 2.24) is 36.4 Å². The quantitative estimate of drug-likeness (QED) is 0.0521. The van der Waals surface area contributed by atoms with Gasteiger partial charge in [-0.05, 0) is 50.0 Å². The Kier molecular flexibility index (Phi) is 18.8. The van der Waals surface area contributed by atoms with Gasteiger partial charge < -0.3 is 68.3 Å². The molecule has 0 radical (unpaired) electrons. The van der Waals surface area contributed by atoms with Gasteiger partial charge in [-0.25, -0.2) is 4.79 Å². The maximum absolute atomic E-state index is 13.7. The van der Waals surface area contributed by atoms with E-state index >= 15 is 0 Å². The average Bonchev–Trinajstić information content (AvgIpc) is 3.91. The third-order valence-corrected chi connectivity index (χ3v) is 10.1. The number of likely N-dealkylation sites (tertiary alicyclic amines) is 2. The summed E-state index contributed by atoms with van der Waals surface area (Å²) in [5.41, 5.74) is 12.1. The Labute approximate surface area is 346 Å². The van der Waals surface area contributed by atoms with Crippen molar-refractivity contribution in [1.29, 1.82) is 0 Å². The number of carbonyl (C=O) groups excluding carboxylic acids is 8. The van der Waals surface area contributed by atoms with Crippen LogP contribution in [0.3, 0.4) is 0 Å². The second-order valence-electron chi connectivity index (χ2n) is 15.2. The summed E-state index contributed by atoms with van der Waals surface area (Å²) in [5, 5.41) is 50.5. The van der Waals surface area contributed by atoms with Crippen molar-refractivity contribution in [2.75, 3.05) is 32.9 Å². The van der Waals surface area contributed by atoms with Crippen LogP contribution in [-0.2, 0) is 49.6 Å². The standard InChI is InChI=1S/C38H57N9O13/c1-20(2)14-23(41-34(55)28-10-6-12-46(28)36(57)25(17-48)43-31(52)22(39)15-21-8-4-3-5-9-21)32(53)44-26(18-49)37(58)47-13-7-11-29(47)35(56)42-24(16-30(40)51)33(54)45-27(19-50)38(59)60/h3-5,8-9,20,22-29,48-50H,6-7,10-19,39H2,1-2H3,(H2,40,51)(H,41,55)(H,42,56)(H,43,52)(H,44,53)(H,45,54)(H,59,60)/t22-,23-,24-,25-,26-,27-,28-,29-/m0/s1. The van der Waals surface area contributed by atoms with E-state index in [-0.39, 0.29) is 51.1 Å². The molecule has 22 heteroatoms. The van der Waals surface area contributed by atoms with Crippen LogP contribution < -0.4 is 38.1 Å². The molecule has 2 aliphatic rings. The van der Waals surface area contributed by atoms with Crippen molar-refractivity contribution in [2.24, 2.45) is 17.4 Å². The zero-order valence-corrected chi connectivity index (χ0v) is 33.6. The van der Waals surface area contributed by atoms with E-state index < -0.39 is 128 Å². The van der Waals surface area contributed by atoms with Gasteiger partial charge in [0.1, 0.15) is 42.3 Å². The van der Waals surface area contributed by atoms with E-state index in [0.717, 1.165) is 10.5 Å². The van der Waals surface area contributed by atoms with Gasteiger partial charge in [0, 0.05) is 13.1 Å².